The van der Waals surface area contributed by atoms with Crippen LogP contribution in [0, 0.1) is 0 Å². The molecule has 0 fully saturated rings. The third kappa shape index (κ3) is 5.54. The highest BCUT2D eigenvalue weighted by Gasteiger charge is 2.52. The molecular weight excluding hydrogens is 915 g/mol. The average Bonchev–Trinajstić information content (AvgIpc) is 4.24. The number of nitrogens with zero attached hydrogens (tertiary/aromatic N) is 1. The lowest BCUT2D eigenvalue weighted by Crippen LogP contribution is -2.28. The largest absolute Gasteiger partial charge is 0.310 e. The van der Waals surface area contributed by atoms with Crippen LogP contribution >= 0.6 is 0 Å². The number of hydrogen-bond donors (Lipinski definition) is 0. The standard InChI is InChI=1S/C75H49N/c1-5-23-50(24-6-1)73(51-25-7-2-8-26-51)65-36-18-16-34-60(65)63-47-54(42-45-70(63)73)76(55-43-46-71-64(48-55)61-35-17-19-37-66(61)74(71,52-27-9-3-10-28-52)53-29-11-4-12-30-53)56-41-44-62-59-33-15-22-40-69(59)75(72(62)49-56)67-38-20-13-31-57(67)58-32-14-21-39-68(58)75/h1-49H. The van der Waals surface area contributed by atoms with Crippen LogP contribution in [0.4, 0.5) is 17.1 Å². The first-order valence-electron chi connectivity index (χ1n) is 26.7. The molecule has 0 amide bonds. The van der Waals surface area contributed by atoms with Crippen molar-refractivity contribution < 1.29 is 0 Å². The minimum atomic E-state index is -0.512. The van der Waals surface area contributed by atoms with Gasteiger partial charge in [-0.2, -0.15) is 0 Å². The van der Waals surface area contributed by atoms with E-state index in [-0.39, 0.29) is 0 Å². The lowest BCUT2D eigenvalue weighted by molar-refractivity contribution is 0.768. The molecule has 12 aromatic carbocycles. The monoisotopic (exact) mass is 963 g/mol. The summed E-state index contributed by atoms with van der Waals surface area (Å²) in [6, 6.07) is 112. The molecule has 4 aliphatic carbocycles. The first-order chi connectivity index (χ1) is 37.7. The Hall–Kier alpha value is -9.56. The normalized spacial score (nSPS) is 14.6. The molecule has 1 spiro atoms. The van der Waals surface area contributed by atoms with Crippen molar-refractivity contribution in [2.75, 3.05) is 4.90 Å². The topological polar surface area (TPSA) is 3.24 Å². The van der Waals surface area contributed by atoms with E-state index in [1.54, 1.807) is 0 Å². The number of benzene rings is 12. The maximum atomic E-state index is 2.55. The highest BCUT2D eigenvalue weighted by molar-refractivity contribution is 5.98. The zero-order valence-electron chi connectivity index (χ0n) is 41.7. The van der Waals surface area contributed by atoms with Crippen molar-refractivity contribution in [3.8, 4) is 44.5 Å². The van der Waals surface area contributed by atoms with E-state index in [9.17, 15) is 0 Å². The Morgan fingerprint density at radius 3 is 0.776 bits per heavy atom. The lowest BCUT2D eigenvalue weighted by Gasteiger charge is -2.35. The SMILES string of the molecule is c1ccc(C2(c3ccccc3)c3ccccc3-c3cc(N(c4ccc5c(c4)-c4ccccc4C5(c4ccccc4)c4ccccc4)c4ccc5c(c4)C4(c6ccccc6-c6ccccc64)c4ccccc4-5)ccc32)cc1. The van der Waals surface area contributed by atoms with E-state index in [0.29, 0.717) is 0 Å². The van der Waals surface area contributed by atoms with Crippen molar-refractivity contribution in [3.05, 3.63) is 364 Å². The molecule has 0 heterocycles. The van der Waals surface area contributed by atoms with Gasteiger partial charge < -0.3 is 4.90 Å². The van der Waals surface area contributed by atoms with E-state index in [0.717, 1.165) is 17.1 Å². The summed E-state index contributed by atoms with van der Waals surface area (Å²) in [5.74, 6) is 0. The van der Waals surface area contributed by atoms with Gasteiger partial charge in [-0.1, -0.05) is 261 Å². The summed E-state index contributed by atoms with van der Waals surface area (Å²) in [6.45, 7) is 0. The van der Waals surface area contributed by atoms with E-state index in [1.165, 1.54) is 111 Å². The molecule has 1 heteroatoms. The van der Waals surface area contributed by atoms with Crippen LogP contribution in [0.25, 0.3) is 44.5 Å². The first kappa shape index (κ1) is 42.9. The Balaban J connectivity index is 0.977. The van der Waals surface area contributed by atoms with E-state index >= 15 is 0 Å². The van der Waals surface area contributed by atoms with Crippen LogP contribution in [0.2, 0.25) is 0 Å². The third-order valence-electron chi connectivity index (χ3n) is 17.6. The molecule has 354 valence electrons. The van der Waals surface area contributed by atoms with Gasteiger partial charge in [-0.05, 0) is 148 Å². The first-order valence-corrected chi connectivity index (χ1v) is 26.7. The zero-order valence-corrected chi connectivity index (χ0v) is 41.7. The van der Waals surface area contributed by atoms with Gasteiger partial charge in [0.05, 0.1) is 16.2 Å². The van der Waals surface area contributed by atoms with Crippen molar-refractivity contribution in [1.29, 1.82) is 0 Å². The molecule has 16 rings (SSSR count). The second-order valence-corrected chi connectivity index (χ2v) is 21.0. The molecule has 0 aromatic heterocycles. The van der Waals surface area contributed by atoms with E-state index < -0.39 is 16.2 Å². The second-order valence-electron chi connectivity index (χ2n) is 21.0. The number of rotatable bonds is 7. The van der Waals surface area contributed by atoms with Gasteiger partial charge in [0.25, 0.3) is 0 Å². The van der Waals surface area contributed by atoms with Crippen LogP contribution < -0.4 is 4.90 Å². The van der Waals surface area contributed by atoms with Gasteiger partial charge in [0.1, 0.15) is 0 Å². The number of hydrogen-bond acceptors (Lipinski definition) is 1. The maximum Gasteiger partial charge on any atom is 0.0726 e. The Bertz CT molecular complexity index is 3960. The summed E-state index contributed by atoms with van der Waals surface area (Å²) in [7, 11) is 0. The van der Waals surface area contributed by atoms with Gasteiger partial charge in [-0.15, -0.1) is 0 Å². The Kier molecular flexibility index (Phi) is 9.15. The van der Waals surface area contributed by atoms with Crippen LogP contribution in [0.15, 0.2) is 297 Å². The van der Waals surface area contributed by atoms with Gasteiger partial charge in [0.15, 0.2) is 0 Å². The summed E-state index contributed by atoms with van der Waals surface area (Å²) >= 11 is 0. The minimum Gasteiger partial charge on any atom is -0.310 e. The van der Waals surface area contributed by atoms with Crippen molar-refractivity contribution in [2.24, 2.45) is 0 Å². The molecule has 4 aliphatic rings. The van der Waals surface area contributed by atoms with Crippen molar-refractivity contribution in [1.82, 2.24) is 0 Å². The summed E-state index contributed by atoms with van der Waals surface area (Å²) in [4.78, 5) is 2.55. The molecule has 0 unspecified atom stereocenters. The summed E-state index contributed by atoms with van der Waals surface area (Å²) in [6.07, 6.45) is 0. The number of anilines is 3. The fourth-order valence-corrected chi connectivity index (χ4v) is 14.8. The van der Waals surface area contributed by atoms with Crippen LogP contribution in [0.1, 0.15) is 66.8 Å². The quantitative estimate of drug-likeness (QED) is 0.154. The van der Waals surface area contributed by atoms with Crippen LogP contribution in [0.3, 0.4) is 0 Å². The van der Waals surface area contributed by atoms with E-state index in [2.05, 4.69) is 302 Å². The van der Waals surface area contributed by atoms with Gasteiger partial charge in [0, 0.05) is 17.1 Å². The summed E-state index contributed by atoms with van der Waals surface area (Å²) in [5, 5.41) is 0. The maximum absolute atomic E-state index is 2.55. The van der Waals surface area contributed by atoms with Gasteiger partial charge in [-0.25, -0.2) is 0 Å². The van der Waals surface area contributed by atoms with E-state index in [4.69, 9.17) is 0 Å². The Morgan fingerprint density at radius 1 is 0.171 bits per heavy atom. The molecule has 76 heavy (non-hydrogen) atoms. The zero-order chi connectivity index (χ0) is 50.0. The fraction of sp³-hybridized carbons (Fsp3) is 0.0400. The Morgan fingerprint density at radius 2 is 0.421 bits per heavy atom. The molecule has 0 radical (unpaired) electrons. The van der Waals surface area contributed by atoms with Gasteiger partial charge in [-0.3, -0.25) is 0 Å². The highest BCUT2D eigenvalue weighted by Crippen LogP contribution is 2.64. The molecule has 0 aliphatic heterocycles. The average molecular weight is 964 g/mol. The lowest BCUT2D eigenvalue weighted by atomic mass is 9.67. The third-order valence-corrected chi connectivity index (χ3v) is 17.6. The number of fused-ring (bicyclic) bond motifs is 16. The predicted octanol–water partition coefficient (Wildman–Crippen LogP) is 18.2. The predicted molar refractivity (Wildman–Crippen MR) is 312 cm³/mol. The van der Waals surface area contributed by atoms with Crippen molar-refractivity contribution in [2.45, 2.75) is 16.2 Å². The molecule has 0 saturated carbocycles. The smallest absolute Gasteiger partial charge is 0.0726 e. The Labute approximate surface area is 444 Å². The second kappa shape index (κ2) is 16.2. The molecule has 0 bridgehead atoms. The van der Waals surface area contributed by atoms with Crippen LogP contribution in [-0.2, 0) is 16.2 Å². The summed E-state index contributed by atoms with van der Waals surface area (Å²) < 4.78 is 0. The van der Waals surface area contributed by atoms with Crippen molar-refractivity contribution in [3.63, 3.8) is 0 Å². The van der Waals surface area contributed by atoms with Gasteiger partial charge in [0.2, 0.25) is 0 Å². The van der Waals surface area contributed by atoms with Crippen LogP contribution in [-0.4, -0.2) is 0 Å². The molecule has 0 N–H and O–H groups in total. The van der Waals surface area contributed by atoms with Gasteiger partial charge >= 0.3 is 0 Å². The van der Waals surface area contributed by atoms with E-state index in [1.807, 2.05) is 0 Å². The molecule has 12 aromatic rings. The fourth-order valence-electron chi connectivity index (χ4n) is 14.8. The molecule has 1 nitrogen and oxygen atoms in total. The minimum absolute atomic E-state index is 0.496. The molecule has 0 atom stereocenters. The summed E-state index contributed by atoms with van der Waals surface area (Å²) in [5.41, 5.74) is 27.5. The highest BCUT2D eigenvalue weighted by atomic mass is 15.1. The molecular formula is C75H49N. The molecule has 0 saturated heterocycles. The van der Waals surface area contributed by atoms with Crippen molar-refractivity contribution >= 4 is 17.1 Å². The van der Waals surface area contributed by atoms with Crippen LogP contribution in [0.5, 0.6) is 0 Å².